The monoisotopic (exact) mass is 366 g/mol. The van der Waals surface area contributed by atoms with Crippen LogP contribution in [-0.4, -0.2) is 43.6 Å². The van der Waals surface area contributed by atoms with Crippen LogP contribution in [0.15, 0.2) is 0 Å². The zero-order valence-corrected chi connectivity index (χ0v) is 15.7. The van der Waals surface area contributed by atoms with Crippen LogP contribution in [0.25, 0.3) is 0 Å². The number of hydrogen-bond donors (Lipinski definition) is 0. The van der Waals surface area contributed by atoms with E-state index in [4.69, 9.17) is 30.1 Å². The highest BCUT2D eigenvalue weighted by Crippen LogP contribution is 2.48. The van der Waals surface area contributed by atoms with Crippen molar-refractivity contribution in [3.8, 4) is 11.9 Å². The number of aromatic nitrogens is 2. The second kappa shape index (κ2) is 10.1. The highest BCUT2D eigenvalue weighted by molar-refractivity contribution is 7.53. The van der Waals surface area contributed by atoms with E-state index in [-0.39, 0.29) is 6.01 Å². The molecule has 132 valence electrons. The molecule has 23 heavy (non-hydrogen) atoms. The maximum Gasteiger partial charge on any atom is 0.330 e. The first kappa shape index (κ1) is 20.2. The molecule has 0 fully saturated rings. The molecule has 0 saturated carbocycles. The normalized spacial score (nSPS) is 11.5. The third-order valence-corrected chi connectivity index (χ3v) is 5.51. The van der Waals surface area contributed by atoms with Gasteiger partial charge in [0.05, 0.1) is 39.2 Å². The predicted molar refractivity (Wildman–Crippen MR) is 88.8 cm³/mol. The van der Waals surface area contributed by atoms with Crippen molar-refractivity contribution < 1.29 is 23.1 Å². The lowest BCUT2D eigenvalue weighted by atomic mass is 10.1. The summed E-state index contributed by atoms with van der Waals surface area (Å²) in [6.45, 7) is 4.32. The summed E-state index contributed by atoms with van der Waals surface area (Å²) < 4.78 is 33.1. The van der Waals surface area contributed by atoms with Gasteiger partial charge >= 0.3 is 13.6 Å². The van der Waals surface area contributed by atoms with Crippen LogP contribution >= 0.6 is 19.2 Å². The number of methoxy groups -OCH3 is 2. The molecule has 0 N–H and O–H groups in total. The highest BCUT2D eigenvalue weighted by atomic mass is 35.5. The summed E-state index contributed by atoms with van der Waals surface area (Å²) in [6, 6.07) is 0.160. The van der Waals surface area contributed by atoms with Gasteiger partial charge < -0.3 is 18.5 Å². The molecule has 0 spiro atoms. The summed E-state index contributed by atoms with van der Waals surface area (Å²) in [4.78, 5) is 8.15. The predicted octanol–water partition coefficient (Wildman–Crippen LogP) is 3.74. The molecule has 0 aromatic carbocycles. The lowest BCUT2D eigenvalue weighted by Crippen LogP contribution is -2.03. The molecule has 0 bridgehead atoms. The molecule has 0 radical (unpaired) electrons. The summed E-state index contributed by atoms with van der Waals surface area (Å²) in [6.07, 6.45) is 2.37. The zero-order valence-electron chi connectivity index (χ0n) is 14.0. The lowest BCUT2D eigenvalue weighted by Gasteiger charge is -2.16. The summed E-state index contributed by atoms with van der Waals surface area (Å²) in [5, 5.41) is 0.298. The van der Waals surface area contributed by atoms with Crippen LogP contribution in [0.5, 0.6) is 11.9 Å². The van der Waals surface area contributed by atoms with Gasteiger partial charge in [0, 0.05) is 0 Å². The van der Waals surface area contributed by atoms with Gasteiger partial charge in [0.1, 0.15) is 5.15 Å². The number of rotatable bonds is 11. The van der Waals surface area contributed by atoms with E-state index in [0.717, 1.165) is 6.42 Å². The first-order chi connectivity index (χ1) is 11.0. The van der Waals surface area contributed by atoms with Crippen molar-refractivity contribution in [2.75, 3.05) is 33.6 Å². The fraction of sp³-hybridized carbons (Fsp3) is 0.714. The maximum atomic E-state index is 12.4. The summed E-state index contributed by atoms with van der Waals surface area (Å²) in [5.74, 6) is 0.389. The van der Waals surface area contributed by atoms with Crippen LogP contribution in [0, 0.1) is 0 Å². The molecule has 1 heterocycles. The Hall–Kier alpha value is -0.880. The topological polar surface area (TPSA) is 79.8 Å². The van der Waals surface area contributed by atoms with Crippen molar-refractivity contribution in [3.63, 3.8) is 0 Å². The number of ether oxygens (including phenoxy) is 2. The van der Waals surface area contributed by atoms with Crippen molar-refractivity contribution in [2.24, 2.45) is 0 Å². The fourth-order valence-electron chi connectivity index (χ4n) is 2.06. The van der Waals surface area contributed by atoms with E-state index in [1.807, 2.05) is 0 Å². The Labute approximate surface area is 142 Å². The summed E-state index contributed by atoms with van der Waals surface area (Å²) >= 11 is 6.15. The molecule has 0 saturated heterocycles. The van der Waals surface area contributed by atoms with Crippen LogP contribution < -0.4 is 9.47 Å². The zero-order chi connectivity index (χ0) is 17.3. The Morgan fingerprint density at radius 1 is 1.04 bits per heavy atom. The highest BCUT2D eigenvalue weighted by Gasteiger charge is 2.23. The number of hydrogen-bond acceptors (Lipinski definition) is 7. The van der Waals surface area contributed by atoms with E-state index in [1.165, 1.54) is 14.2 Å². The number of nitrogens with zero attached hydrogens (tertiary/aromatic N) is 2. The summed E-state index contributed by atoms with van der Waals surface area (Å²) in [5.41, 5.74) is 0.706. The van der Waals surface area contributed by atoms with Crippen molar-refractivity contribution in [2.45, 2.75) is 33.1 Å². The van der Waals surface area contributed by atoms with Crippen LogP contribution in [0.1, 0.15) is 32.3 Å². The van der Waals surface area contributed by atoms with Gasteiger partial charge in [-0.3, -0.25) is 4.57 Å². The quantitative estimate of drug-likeness (QED) is 0.335. The first-order valence-electron chi connectivity index (χ1n) is 7.52. The average Bonchev–Trinajstić information content (AvgIpc) is 2.52. The standard InChI is InChI=1S/C14H24ClN2O5P/c1-5-21-23(18,22-6-2)10-8-7-9-11-12(15)16-14(20-4)17-13(11)19-3/h5-10H2,1-4H3. The van der Waals surface area contributed by atoms with E-state index in [0.29, 0.717) is 48.8 Å². The molecular formula is C14H24ClN2O5P. The Bertz CT molecular complexity index is 534. The minimum absolute atomic E-state index is 0.160. The van der Waals surface area contributed by atoms with Crippen LogP contribution in [0.2, 0.25) is 5.15 Å². The smallest absolute Gasteiger partial charge is 0.330 e. The molecule has 1 aromatic rings. The Balaban J connectivity index is 2.63. The maximum absolute atomic E-state index is 12.4. The van der Waals surface area contributed by atoms with Crippen molar-refractivity contribution >= 4 is 19.2 Å². The third kappa shape index (κ3) is 6.26. The van der Waals surface area contributed by atoms with Crippen LogP contribution in [0.3, 0.4) is 0 Å². The molecule has 0 amide bonds. The Morgan fingerprint density at radius 3 is 2.22 bits per heavy atom. The van der Waals surface area contributed by atoms with Gasteiger partial charge in [-0.1, -0.05) is 11.6 Å². The number of halogens is 1. The van der Waals surface area contributed by atoms with E-state index >= 15 is 0 Å². The van der Waals surface area contributed by atoms with E-state index in [9.17, 15) is 4.57 Å². The minimum atomic E-state index is -3.00. The molecular weight excluding hydrogens is 343 g/mol. The molecule has 0 aliphatic carbocycles. The molecule has 0 unspecified atom stereocenters. The minimum Gasteiger partial charge on any atom is -0.481 e. The van der Waals surface area contributed by atoms with Gasteiger partial charge in [-0.25, -0.2) is 0 Å². The molecule has 0 aliphatic rings. The molecule has 1 aromatic heterocycles. The van der Waals surface area contributed by atoms with Gasteiger partial charge in [-0.15, -0.1) is 0 Å². The van der Waals surface area contributed by atoms with Crippen molar-refractivity contribution in [3.05, 3.63) is 10.7 Å². The van der Waals surface area contributed by atoms with Crippen LogP contribution in [-0.2, 0) is 20.0 Å². The average molecular weight is 367 g/mol. The molecule has 0 atom stereocenters. The van der Waals surface area contributed by atoms with Crippen LogP contribution in [0.4, 0.5) is 0 Å². The Kier molecular flexibility index (Phi) is 8.84. The second-order valence-corrected chi connectivity index (χ2v) is 7.16. The van der Waals surface area contributed by atoms with E-state index in [1.54, 1.807) is 13.8 Å². The number of unbranched alkanes of at least 4 members (excludes halogenated alkanes) is 1. The molecule has 7 nitrogen and oxygen atoms in total. The van der Waals surface area contributed by atoms with Gasteiger partial charge in [0.15, 0.2) is 0 Å². The van der Waals surface area contributed by atoms with Gasteiger partial charge in [-0.05, 0) is 33.1 Å². The van der Waals surface area contributed by atoms with E-state index in [2.05, 4.69) is 9.97 Å². The first-order valence-corrected chi connectivity index (χ1v) is 9.62. The van der Waals surface area contributed by atoms with Gasteiger partial charge in [-0.2, -0.15) is 9.97 Å². The second-order valence-electron chi connectivity index (χ2n) is 4.62. The fourth-order valence-corrected chi connectivity index (χ4v) is 4.03. The van der Waals surface area contributed by atoms with Gasteiger partial charge in [0.25, 0.3) is 0 Å². The molecule has 1 rings (SSSR count). The van der Waals surface area contributed by atoms with Gasteiger partial charge in [0.2, 0.25) is 5.88 Å². The van der Waals surface area contributed by atoms with Crippen molar-refractivity contribution in [1.82, 2.24) is 9.97 Å². The molecule has 0 aliphatic heterocycles. The molecule has 9 heteroatoms. The third-order valence-electron chi connectivity index (χ3n) is 3.03. The summed E-state index contributed by atoms with van der Waals surface area (Å²) in [7, 11) is -0.0235. The van der Waals surface area contributed by atoms with E-state index < -0.39 is 7.60 Å². The Morgan fingerprint density at radius 2 is 1.70 bits per heavy atom. The van der Waals surface area contributed by atoms with Crippen molar-refractivity contribution in [1.29, 1.82) is 0 Å². The SMILES string of the molecule is CCOP(=O)(CCCCc1c(Cl)nc(OC)nc1OC)OCC. The largest absolute Gasteiger partial charge is 0.481 e. The lowest BCUT2D eigenvalue weighted by molar-refractivity contribution is 0.219.